The minimum Gasteiger partial charge on any atom is -0.379 e. The van der Waals surface area contributed by atoms with Crippen molar-refractivity contribution < 1.29 is 4.74 Å². The minimum absolute atomic E-state index is 0.0303. The number of nitrogens with one attached hydrogen (secondary N) is 1. The van der Waals surface area contributed by atoms with Crippen LogP contribution in [0.3, 0.4) is 0 Å². The van der Waals surface area contributed by atoms with Crippen molar-refractivity contribution in [3.05, 3.63) is 28.8 Å². The van der Waals surface area contributed by atoms with Crippen LogP contribution in [-0.2, 0) is 4.74 Å². The Bertz CT molecular complexity index is 433. The van der Waals surface area contributed by atoms with E-state index in [1.54, 1.807) is 12.1 Å². The standard InChI is InChI=1S/C12H13ClN2O/c1-12(4-5-16-8-12)15-10-3-2-9(7-14)11(13)6-10/h2-3,6,15H,4-5,8H2,1H3. The molecule has 1 unspecified atom stereocenters. The SMILES string of the molecule is CC1(Nc2ccc(C#N)c(Cl)c2)CCOC1. The molecule has 2 rings (SSSR count). The average molecular weight is 237 g/mol. The Balaban J connectivity index is 2.16. The van der Waals surface area contributed by atoms with E-state index in [1.807, 2.05) is 12.1 Å². The number of anilines is 1. The summed E-state index contributed by atoms with van der Waals surface area (Å²) >= 11 is 5.97. The van der Waals surface area contributed by atoms with Gasteiger partial charge in [-0.25, -0.2) is 0 Å². The Labute approximate surface area is 100.0 Å². The van der Waals surface area contributed by atoms with Gasteiger partial charge in [-0.15, -0.1) is 0 Å². The molecular formula is C12H13ClN2O. The van der Waals surface area contributed by atoms with Gasteiger partial charge in [0.15, 0.2) is 0 Å². The number of ether oxygens (including phenoxy) is 1. The molecule has 0 saturated carbocycles. The van der Waals surface area contributed by atoms with Gasteiger partial charge in [0.1, 0.15) is 6.07 Å². The van der Waals surface area contributed by atoms with Crippen molar-refractivity contribution in [1.82, 2.24) is 0 Å². The topological polar surface area (TPSA) is 45.0 Å². The molecule has 1 aliphatic rings. The molecule has 1 heterocycles. The Hall–Kier alpha value is -1.24. The van der Waals surface area contributed by atoms with E-state index in [1.165, 1.54) is 0 Å². The lowest BCUT2D eigenvalue weighted by Gasteiger charge is -2.25. The van der Waals surface area contributed by atoms with Crippen molar-refractivity contribution in [3.63, 3.8) is 0 Å². The molecule has 4 heteroatoms. The van der Waals surface area contributed by atoms with E-state index >= 15 is 0 Å². The van der Waals surface area contributed by atoms with Gasteiger partial charge in [0.25, 0.3) is 0 Å². The van der Waals surface area contributed by atoms with Gasteiger partial charge in [0.05, 0.1) is 22.7 Å². The van der Waals surface area contributed by atoms with E-state index in [0.717, 1.165) is 18.7 Å². The fraction of sp³-hybridized carbons (Fsp3) is 0.417. The van der Waals surface area contributed by atoms with Gasteiger partial charge in [-0.3, -0.25) is 0 Å². The highest BCUT2D eigenvalue weighted by molar-refractivity contribution is 6.32. The smallest absolute Gasteiger partial charge is 0.101 e. The summed E-state index contributed by atoms with van der Waals surface area (Å²) < 4.78 is 5.36. The monoisotopic (exact) mass is 236 g/mol. The Morgan fingerprint density at radius 3 is 2.94 bits per heavy atom. The van der Waals surface area contributed by atoms with Gasteiger partial charge >= 0.3 is 0 Å². The highest BCUT2D eigenvalue weighted by atomic mass is 35.5. The third-order valence-electron chi connectivity index (χ3n) is 2.75. The highest BCUT2D eigenvalue weighted by Crippen LogP contribution is 2.26. The number of halogens is 1. The maximum atomic E-state index is 8.77. The summed E-state index contributed by atoms with van der Waals surface area (Å²) in [5.74, 6) is 0. The van der Waals surface area contributed by atoms with E-state index in [4.69, 9.17) is 21.6 Å². The van der Waals surface area contributed by atoms with Crippen molar-refractivity contribution >= 4 is 17.3 Å². The van der Waals surface area contributed by atoms with Crippen LogP contribution in [0, 0.1) is 11.3 Å². The van der Waals surface area contributed by atoms with Gasteiger partial charge in [-0.1, -0.05) is 11.6 Å². The first kappa shape index (κ1) is 11.3. The van der Waals surface area contributed by atoms with Gasteiger partial charge in [-0.2, -0.15) is 5.26 Å². The first-order valence-electron chi connectivity index (χ1n) is 5.19. The molecule has 84 valence electrons. The molecule has 1 atom stereocenters. The predicted molar refractivity (Wildman–Crippen MR) is 63.6 cm³/mol. The normalized spacial score (nSPS) is 24.1. The molecule has 1 aromatic carbocycles. The fourth-order valence-electron chi connectivity index (χ4n) is 1.80. The van der Waals surface area contributed by atoms with Gasteiger partial charge < -0.3 is 10.1 Å². The molecule has 1 aliphatic heterocycles. The summed E-state index contributed by atoms with van der Waals surface area (Å²) in [7, 11) is 0. The molecule has 1 N–H and O–H groups in total. The zero-order valence-corrected chi connectivity index (χ0v) is 9.84. The van der Waals surface area contributed by atoms with Crippen LogP contribution in [0.2, 0.25) is 5.02 Å². The Morgan fingerprint density at radius 2 is 2.38 bits per heavy atom. The molecule has 0 aliphatic carbocycles. The number of nitriles is 1. The molecule has 1 aromatic rings. The number of hydrogen-bond donors (Lipinski definition) is 1. The molecule has 16 heavy (non-hydrogen) atoms. The summed E-state index contributed by atoms with van der Waals surface area (Å²) in [6.07, 6.45) is 0.977. The average Bonchev–Trinajstić information content (AvgIpc) is 2.65. The zero-order valence-electron chi connectivity index (χ0n) is 9.09. The van der Waals surface area contributed by atoms with E-state index in [9.17, 15) is 0 Å². The number of nitrogens with zero attached hydrogens (tertiary/aromatic N) is 1. The third-order valence-corrected chi connectivity index (χ3v) is 3.07. The second-order valence-corrected chi connectivity index (χ2v) is 4.70. The summed E-state index contributed by atoms with van der Waals surface area (Å²) in [5, 5.41) is 12.6. The molecule has 0 radical (unpaired) electrons. The third kappa shape index (κ3) is 2.29. The minimum atomic E-state index is -0.0303. The maximum Gasteiger partial charge on any atom is 0.101 e. The second kappa shape index (κ2) is 4.32. The molecule has 0 amide bonds. The maximum absolute atomic E-state index is 8.77. The molecule has 0 bridgehead atoms. The lowest BCUT2D eigenvalue weighted by Crippen LogP contribution is -2.34. The zero-order chi connectivity index (χ0) is 11.6. The first-order valence-corrected chi connectivity index (χ1v) is 5.56. The fourth-order valence-corrected chi connectivity index (χ4v) is 2.02. The largest absolute Gasteiger partial charge is 0.379 e. The number of benzene rings is 1. The predicted octanol–water partition coefficient (Wildman–Crippen LogP) is 2.80. The summed E-state index contributed by atoms with van der Waals surface area (Å²) in [5.41, 5.74) is 1.40. The van der Waals surface area contributed by atoms with Gasteiger partial charge in [-0.05, 0) is 31.5 Å². The van der Waals surface area contributed by atoms with Crippen LogP contribution >= 0.6 is 11.6 Å². The summed E-state index contributed by atoms with van der Waals surface area (Å²) in [4.78, 5) is 0. The molecule has 1 fully saturated rings. The summed E-state index contributed by atoms with van der Waals surface area (Å²) in [6, 6.07) is 7.42. The van der Waals surface area contributed by atoms with E-state index < -0.39 is 0 Å². The van der Waals surface area contributed by atoms with Gasteiger partial charge in [0.2, 0.25) is 0 Å². The first-order chi connectivity index (χ1) is 7.63. The quantitative estimate of drug-likeness (QED) is 0.859. The number of rotatable bonds is 2. The van der Waals surface area contributed by atoms with Crippen molar-refractivity contribution in [1.29, 1.82) is 5.26 Å². The van der Waals surface area contributed by atoms with Crippen LogP contribution in [-0.4, -0.2) is 18.8 Å². The second-order valence-electron chi connectivity index (χ2n) is 4.29. The van der Waals surface area contributed by atoms with Crippen molar-refractivity contribution in [3.8, 4) is 6.07 Å². The van der Waals surface area contributed by atoms with E-state index in [-0.39, 0.29) is 5.54 Å². The Kier molecular flexibility index (Phi) is 3.04. The molecule has 0 aromatic heterocycles. The van der Waals surface area contributed by atoms with Gasteiger partial charge in [0, 0.05) is 12.3 Å². The molecule has 0 spiro atoms. The van der Waals surface area contributed by atoms with Crippen molar-refractivity contribution in [2.45, 2.75) is 18.9 Å². The Morgan fingerprint density at radius 1 is 1.56 bits per heavy atom. The molecule has 3 nitrogen and oxygen atoms in total. The molecule has 1 saturated heterocycles. The lowest BCUT2D eigenvalue weighted by molar-refractivity contribution is 0.185. The molecular weight excluding hydrogens is 224 g/mol. The van der Waals surface area contributed by atoms with Crippen LogP contribution in [0.1, 0.15) is 18.9 Å². The van der Waals surface area contributed by atoms with Crippen LogP contribution in [0.4, 0.5) is 5.69 Å². The van der Waals surface area contributed by atoms with Crippen LogP contribution < -0.4 is 5.32 Å². The van der Waals surface area contributed by atoms with E-state index in [0.29, 0.717) is 17.2 Å². The highest BCUT2D eigenvalue weighted by Gasteiger charge is 2.29. The lowest BCUT2D eigenvalue weighted by atomic mass is 10.0. The van der Waals surface area contributed by atoms with Crippen LogP contribution in [0.15, 0.2) is 18.2 Å². The van der Waals surface area contributed by atoms with E-state index in [2.05, 4.69) is 12.2 Å². The van der Waals surface area contributed by atoms with Crippen molar-refractivity contribution in [2.24, 2.45) is 0 Å². The van der Waals surface area contributed by atoms with Crippen molar-refractivity contribution in [2.75, 3.05) is 18.5 Å². The van der Waals surface area contributed by atoms with Crippen LogP contribution in [0.25, 0.3) is 0 Å². The summed E-state index contributed by atoms with van der Waals surface area (Å²) in [6.45, 7) is 3.60. The van der Waals surface area contributed by atoms with Crippen LogP contribution in [0.5, 0.6) is 0 Å². The number of hydrogen-bond acceptors (Lipinski definition) is 3.